The highest BCUT2D eigenvalue weighted by molar-refractivity contribution is 9.10. The molecular weight excluding hydrogens is 316 g/mol. The van der Waals surface area contributed by atoms with Gasteiger partial charge < -0.3 is 8.83 Å². The zero-order valence-electron chi connectivity index (χ0n) is 6.79. The van der Waals surface area contributed by atoms with E-state index in [4.69, 9.17) is 8.83 Å². The first kappa shape index (κ1) is 9.73. The molecule has 0 amide bonds. The summed E-state index contributed by atoms with van der Waals surface area (Å²) in [6.45, 7) is 0. The van der Waals surface area contributed by atoms with Gasteiger partial charge in [-0.3, -0.25) is 4.79 Å². The SMILES string of the molecule is O=C(c1ccoc1Br)c1occc1Br. The lowest BCUT2D eigenvalue weighted by molar-refractivity contribution is 0.101. The molecule has 2 rings (SSSR count). The number of ketones is 1. The van der Waals surface area contributed by atoms with Crippen LogP contribution in [0.25, 0.3) is 0 Å². The van der Waals surface area contributed by atoms with Gasteiger partial charge in [0.05, 0.1) is 22.6 Å². The summed E-state index contributed by atoms with van der Waals surface area (Å²) in [5, 5.41) is 0. The van der Waals surface area contributed by atoms with Crippen molar-refractivity contribution >= 4 is 37.6 Å². The molecule has 0 fully saturated rings. The molecule has 14 heavy (non-hydrogen) atoms. The molecule has 0 unspecified atom stereocenters. The highest BCUT2D eigenvalue weighted by Crippen LogP contribution is 2.25. The minimum atomic E-state index is -0.220. The van der Waals surface area contributed by atoms with Crippen molar-refractivity contribution in [1.82, 2.24) is 0 Å². The van der Waals surface area contributed by atoms with E-state index in [2.05, 4.69) is 31.9 Å². The molecule has 0 radical (unpaired) electrons. The summed E-state index contributed by atoms with van der Waals surface area (Å²) < 4.78 is 11.1. The topological polar surface area (TPSA) is 43.4 Å². The fourth-order valence-electron chi connectivity index (χ4n) is 1.03. The maximum absolute atomic E-state index is 11.8. The van der Waals surface area contributed by atoms with E-state index in [1.807, 2.05) is 0 Å². The molecule has 72 valence electrons. The zero-order chi connectivity index (χ0) is 10.1. The van der Waals surface area contributed by atoms with Crippen molar-refractivity contribution in [3.8, 4) is 0 Å². The van der Waals surface area contributed by atoms with Crippen LogP contribution in [-0.2, 0) is 0 Å². The van der Waals surface area contributed by atoms with Crippen molar-refractivity contribution in [3.63, 3.8) is 0 Å². The van der Waals surface area contributed by atoms with Crippen LogP contribution >= 0.6 is 31.9 Å². The van der Waals surface area contributed by atoms with E-state index in [1.54, 1.807) is 12.1 Å². The Labute approximate surface area is 96.3 Å². The zero-order valence-corrected chi connectivity index (χ0v) is 9.96. The molecular formula is C9H4Br2O3. The predicted molar refractivity (Wildman–Crippen MR) is 56.2 cm³/mol. The first-order chi connectivity index (χ1) is 6.70. The van der Waals surface area contributed by atoms with Crippen LogP contribution in [0.5, 0.6) is 0 Å². The molecule has 0 spiro atoms. The molecule has 0 N–H and O–H groups in total. The summed E-state index contributed by atoms with van der Waals surface area (Å²) in [6, 6.07) is 3.25. The number of hydrogen-bond acceptors (Lipinski definition) is 3. The second kappa shape index (κ2) is 3.74. The number of carbonyl (C=O) groups excluding carboxylic acids is 1. The summed E-state index contributed by atoms with van der Waals surface area (Å²) in [5.74, 6) is 0.0506. The first-order valence-corrected chi connectivity index (χ1v) is 5.29. The highest BCUT2D eigenvalue weighted by Gasteiger charge is 2.20. The Morgan fingerprint density at radius 1 is 1.14 bits per heavy atom. The minimum Gasteiger partial charge on any atom is -0.460 e. The van der Waals surface area contributed by atoms with Gasteiger partial charge in [0, 0.05) is 0 Å². The molecule has 3 nitrogen and oxygen atoms in total. The van der Waals surface area contributed by atoms with Crippen LogP contribution in [0, 0.1) is 0 Å². The third-order valence-electron chi connectivity index (χ3n) is 1.69. The number of carbonyl (C=O) groups is 1. The van der Waals surface area contributed by atoms with Gasteiger partial charge in [-0.2, -0.15) is 0 Å². The molecule has 5 heteroatoms. The fourth-order valence-corrected chi connectivity index (χ4v) is 1.84. The summed E-state index contributed by atoms with van der Waals surface area (Å²) in [5.41, 5.74) is 0.445. The number of halogens is 2. The second-order valence-electron chi connectivity index (χ2n) is 2.53. The molecule has 0 atom stereocenters. The van der Waals surface area contributed by atoms with Crippen LogP contribution < -0.4 is 0 Å². The van der Waals surface area contributed by atoms with Crippen molar-refractivity contribution in [2.24, 2.45) is 0 Å². The van der Waals surface area contributed by atoms with Crippen molar-refractivity contribution < 1.29 is 13.6 Å². The molecule has 0 saturated heterocycles. The normalized spacial score (nSPS) is 10.4. The van der Waals surface area contributed by atoms with E-state index in [-0.39, 0.29) is 11.5 Å². The van der Waals surface area contributed by atoms with Gasteiger partial charge in [-0.05, 0) is 44.0 Å². The van der Waals surface area contributed by atoms with Crippen LogP contribution in [0.15, 0.2) is 42.6 Å². The van der Waals surface area contributed by atoms with Crippen molar-refractivity contribution in [2.45, 2.75) is 0 Å². The van der Waals surface area contributed by atoms with Gasteiger partial charge in [-0.15, -0.1) is 0 Å². The van der Waals surface area contributed by atoms with Gasteiger partial charge in [-0.1, -0.05) is 0 Å². The Morgan fingerprint density at radius 2 is 1.86 bits per heavy atom. The lowest BCUT2D eigenvalue weighted by atomic mass is 10.2. The van der Waals surface area contributed by atoms with Crippen LogP contribution in [0.2, 0.25) is 0 Å². The van der Waals surface area contributed by atoms with Gasteiger partial charge in [-0.25, -0.2) is 0 Å². The summed E-state index contributed by atoms with van der Waals surface area (Å²) >= 11 is 6.35. The van der Waals surface area contributed by atoms with Gasteiger partial charge >= 0.3 is 0 Å². The van der Waals surface area contributed by atoms with Crippen molar-refractivity contribution in [1.29, 1.82) is 0 Å². The molecule has 0 aromatic carbocycles. The van der Waals surface area contributed by atoms with Crippen LogP contribution in [0.3, 0.4) is 0 Å². The molecule has 0 aliphatic heterocycles. The van der Waals surface area contributed by atoms with Gasteiger partial charge in [0.2, 0.25) is 5.78 Å². The summed E-state index contributed by atoms with van der Waals surface area (Å²) in [7, 11) is 0. The van der Waals surface area contributed by atoms with E-state index >= 15 is 0 Å². The minimum absolute atomic E-state index is 0.220. The molecule has 0 bridgehead atoms. The van der Waals surface area contributed by atoms with E-state index in [0.29, 0.717) is 14.7 Å². The highest BCUT2D eigenvalue weighted by atomic mass is 79.9. The van der Waals surface area contributed by atoms with E-state index in [9.17, 15) is 4.79 Å². The molecule has 2 heterocycles. The maximum atomic E-state index is 11.8. The first-order valence-electron chi connectivity index (χ1n) is 3.71. The quantitative estimate of drug-likeness (QED) is 0.794. The number of rotatable bonds is 2. The third-order valence-corrected chi connectivity index (χ3v) is 2.92. The van der Waals surface area contributed by atoms with E-state index in [1.165, 1.54) is 12.5 Å². The van der Waals surface area contributed by atoms with Crippen LogP contribution in [-0.4, -0.2) is 5.78 Å². The Bertz CT molecular complexity index is 428. The predicted octanol–water partition coefficient (Wildman–Crippen LogP) is 3.63. The average Bonchev–Trinajstić information content (AvgIpc) is 2.73. The second-order valence-corrected chi connectivity index (χ2v) is 4.11. The third kappa shape index (κ3) is 1.57. The lowest BCUT2D eigenvalue weighted by Gasteiger charge is -1.94. The van der Waals surface area contributed by atoms with Crippen molar-refractivity contribution in [3.05, 3.63) is 45.1 Å². The average molecular weight is 320 g/mol. The number of furan rings is 2. The Hall–Kier alpha value is -0.810. The van der Waals surface area contributed by atoms with Crippen molar-refractivity contribution in [2.75, 3.05) is 0 Å². The van der Waals surface area contributed by atoms with Gasteiger partial charge in [0.15, 0.2) is 10.4 Å². The molecule has 2 aromatic rings. The van der Waals surface area contributed by atoms with Gasteiger partial charge in [0.25, 0.3) is 0 Å². The standard InChI is InChI=1S/C9H4Br2O3/c10-6-2-4-13-8(6)7(12)5-1-3-14-9(5)11/h1-4H. The van der Waals surface area contributed by atoms with Crippen LogP contribution in [0.1, 0.15) is 16.1 Å². The van der Waals surface area contributed by atoms with E-state index < -0.39 is 0 Å². The Kier molecular flexibility index (Phi) is 2.60. The Morgan fingerprint density at radius 3 is 2.36 bits per heavy atom. The summed E-state index contributed by atoms with van der Waals surface area (Å²) in [6.07, 6.45) is 2.89. The molecule has 2 aromatic heterocycles. The molecule has 0 aliphatic rings. The monoisotopic (exact) mass is 318 g/mol. The van der Waals surface area contributed by atoms with E-state index in [0.717, 1.165) is 0 Å². The largest absolute Gasteiger partial charge is 0.460 e. The lowest BCUT2D eigenvalue weighted by Crippen LogP contribution is -1.99. The fraction of sp³-hybridized carbons (Fsp3) is 0. The maximum Gasteiger partial charge on any atom is 0.233 e. The number of hydrogen-bond donors (Lipinski definition) is 0. The molecule has 0 aliphatic carbocycles. The summed E-state index contributed by atoms with van der Waals surface area (Å²) in [4.78, 5) is 11.8. The van der Waals surface area contributed by atoms with Crippen LogP contribution in [0.4, 0.5) is 0 Å². The smallest absolute Gasteiger partial charge is 0.233 e. The Balaban J connectivity index is 2.44. The van der Waals surface area contributed by atoms with Gasteiger partial charge in [0.1, 0.15) is 0 Å². The molecule has 0 saturated carbocycles.